The summed E-state index contributed by atoms with van der Waals surface area (Å²) in [7, 11) is 4.04. The van der Waals surface area contributed by atoms with Crippen molar-refractivity contribution in [3.05, 3.63) is 51.3 Å². The Kier molecular flexibility index (Phi) is 5.27. The molecule has 0 bridgehead atoms. The summed E-state index contributed by atoms with van der Waals surface area (Å²) in [6.45, 7) is 3.61. The number of nitrogens with two attached hydrogens (primary N) is 1. The highest BCUT2D eigenvalue weighted by Crippen LogP contribution is 2.29. The number of benzene rings is 1. The molecular weight excluding hydrogens is 307 g/mol. The Bertz CT molecular complexity index is 622. The summed E-state index contributed by atoms with van der Waals surface area (Å²) in [5.41, 5.74) is 9.31. The van der Waals surface area contributed by atoms with Gasteiger partial charge in [-0.25, -0.2) is 0 Å². The van der Waals surface area contributed by atoms with Crippen LogP contribution in [0.5, 0.6) is 0 Å². The summed E-state index contributed by atoms with van der Waals surface area (Å²) in [5.74, 6) is 0. The largest absolute Gasteiger partial charge is 0.319 e. The predicted molar refractivity (Wildman–Crippen MR) is 88.0 cm³/mol. The lowest BCUT2D eigenvalue weighted by atomic mass is 9.99. The van der Waals surface area contributed by atoms with Crippen LogP contribution in [0.25, 0.3) is 0 Å². The highest BCUT2D eigenvalue weighted by molar-refractivity contribution is 6.31. The quantitative estimate of drug-likeness (QED) is 0.918. The maximum Gasteiger partial charge on any atom is 0.0837 e. The van der Waals surface area contributed by atoms with Crippen LogP contribution in [0.2, 0.25) is 10.0 Å². The molecule has 6 heteroatoms. The maximum absolute atomic E-state index is 6.42. The van der Waals surface area contributed by atoms with Gasteiger partial charge in [-0.2, -0.15) is 5.10 Å². The van der Waals surface area contributed by atoms with Crippen LogP contribution in [0.3, 0.4) is 0 Å². The Morgan fingerprint density at radius 3 is 2.67 bits per heavy atom. The number of hydrogen-bond acceptors (Lipinski definition) is 3. The summed E-state index contributed by atoms with van der Waals surface area (Å²) >= 11 is 12.3. The van der Waals surface area contributed by atoms with E-state index in [0.29, 0.717) is 10.0 Å². The van der Waals surface area contributed by atoms with E-state index in [2.05, 4.69) is 10.00 Å². The first-order chi connectivity index (χ1) is 9.90. The van der Waals surface area contributed by atoms with E-state index in [4.69, 9.17) is 28.9 Å². The number of halogens is 2. The molecule has 0 amide bonds. The summed E-state index contributed by atoms with van der Waals surface area (Å²) in [6, 6.07) is 5.38. The minimum absolute atomic E-state index is 0.320. The monoisotopic (exact) mass is 326 g/mol. The van der Waals surface area contributed by atoms with Crippen molar-refractivity contribution in [3.8, 4) is 0 Å². The first-order valence-corrected chi connectivity index (χ1v) is 7.53. The van der Waals surface area contributed by atoms with Crippen LogP contribution in [0.1, 0.15) is 22.9 Å². The summed E-state index contributed by atoms with van der Waals surface area (Å²) in [5, 5.41) is 5.63. The Labute approximate surface area is 135 Å². The molecule has 0 fully saturated rings. The van der Waals surface area contributed by atoms with E-state index in [1.807, 2.05) is 43.9 Å². The minimum Gasteiger partial charge on any atom is -0.319 e. The molecular formula is C15H20Cl2N4. The van der Waals surface area contributed by atoms with Gasteiger partial charge in [0.2, 0.25) is 0 Å². The molecule has 1 atom stereocenters. The second-order valence-electron chi connectivity index (χ2n) is 5.38. The molecule has 1 aromatic carbocycles. The third kappa shape index (κ3) is 3.77. The molecule has 0 aliphatic carbocycles. The molecule has 4 nitrogen and oxygen atoms in total. The van der Waals surface area contributed by atoms with Crippen molar-refractivity contribution in [1.82, 2.24) is 14.7 Å². The lowest BCUT2D eigenvalue weighted by Crippen LogP contribution is -2.24. The van der Waals surface area contributed by atoms with Crippen LogP contribution in [0.15, 0.2) is 24.4 Å². The third-order valence-corrected chi connectivity index (χ3v) is 3.98. The molecule has 2 N–H and O–H groups in total. The number of likely N-dealkylation sites (N-methyl/N-ethyl adjacent to an activating group) is 1. The van der Waals surface area contributed by atoms with E-state index >= 15 is 0 Å². The fourth-order valence-electron chi connectivity index (χ4n) is 2.29. The van der Waals surface area contributed by atoms with Crippen LogP contribution in [0, 0.1) is 6.92 Å². The van der Waals surface area contributed by atoms with Crippen molar-refractivity contribution in [2.45, 2.75) is 19.5 Å². The smallest absolute Gasteiger partial charge is 0.0837 e. The molecule has 1 heterocycles. The van der Waals surface area contributed by atoms with Crippen molar-refractivity contribution < 1.29 is 0 Å². The summed E-state index contributed by atoms with van der Waals surface area (Å²) in [6.07, 6.45) is 1.65. The molecule has 0 saturated carbocycles. The van der Waals surface area contributed by atoms with Crippen molar-refractivity contribution in [2.75, 3.05) is 20.6 Å². The van der Waals surface area contributed by atoms with Crippen molar-refractivity contribution in [2.24, 2.45) is 5.73 Å². The first kappa shape index (κ1) is 16.3. The number of aryl methyl sites for hydroxylation is 1. The molecule has 1 aromatic heterocycles. The maximum atomic E-state index is 6.42. The number of rotatable bonds is 5. The average Bonchev–Trinajstić information content (AvgIpc) is 2.77. The van der Waals surface area contributed by atoms with Crippen LogP contribution in [0.4, 0.5) is 0 Å². The van der Waals surface area contributed by atoms with Gasteiger partial charge in [0.15, 0.2) is 0 Å². The van der Waals surface area contributed by atoms with Gasteiger partial charge in [0.25, 0.3) is 0 Å². The van der Waals surface area contributed by atoms with Gasteiger partial charge >= 0.3 is 0 Å². The fourth-order valence-corrected chi connectivity index (χ4v) is 2.77. The van der Waals surface area contributed by atoms with E-state index in [0.717, 1.165) is 29.9 Å². The zero-order valence-corrected chi connectivity index (χ0v) is 14.0. The normalized spacial score (nSPS) is 12.9. The van der Waals surface area contributed by atoms with E-state index in [9.17, 15) is 0 Å². The van der Waals surface area contributed by atoms with Crippen LogP contribution in [-0.2, 0) is 6.54 Å². The van der Waals surface area contributed by atoms with Gasteiger partial charge < -0.3 is 10.6 Å². The standard InChI is InChI=1S/C15H20Cl2N4/c1-10-8-11(16)4-5-12(10)14(18)15-13(17)9-19-21(15)7-6-20(2)3/h4-5,8-9,14H,6-7,18H2,1-3H3. The molecule has 0 radical (unpaired) electrons. The summed E-state index contributed by atoms with van der Waals surface area (Å²) in [4.78, 5) is 2.10. The molecule has 0 aliphatic rings. The minimum atomic E-state index is -0.320. The Morgan fingerprint density at radius 2 is 2.05 bits per heavy atom. The van der Waals surface area contributed by atoms with Gasteiger partial charge in [-0.05, 0) is 44.3 Å². The molecule has 0 saturated heterocycles. The van der Waals surface area contributed by atoms with Gasteiger partial charge in [0.05, 0.1) is 29.5 Å². The molecule has 2 rings (SSSR count). The van der Waals surface area contributed by atoms with Gasteiger partial charge in [0, 0.05) is 11.6 Å². The molecule has 114 valence electrons. The Morgan fingerprint density at radius 1 is 1.33 bits per heavy atom. The molecule has 1 unspecified atom stereocenters. The lowest BCUT2D eigenvalue weighted by Gasteiger charge is -2.18. The van der Waals surface area contributed by atoms with E-state index in [-0.39, 0.29) is 6.04 Å². The van der Waals surface area contributed by atoms with Gasteiger partial charge in [-0.1, -0.05) is 29.3 Å². The van der Waals surface area contributed by atoms with E-state index in [1.165, 1.54) is 0 Å². The zero-order chi connectivity index (χ0) is 15.6. The van der Waals surface area contributed by atoms with Crippen LogP contribution < -0.4 is 5.73 Å². The van der Waals surface area contributed by atoms with E-state index < -0.39 is 0 Å². The van der Waals surface area contributed by atoms with Crippen molar-refractivity contribution >= 4 is 23.2 Å². The fraction of sp³-hybridized carbons (Fsp3) is 0.400. The predicted octanol–water partition coefficient (Wildman–Crippen LogP) is 3.11. The number of hydrogen-bond donors (Lipinski definition) is 1. The Balaban J connectivity index is 2.34. The van der Waals surface area contributed by atoms with Crippen LogP contribution >= 0.6 is 23.2 Å². The highest BCUT2D eigenvalue weighted by atomic mass is 35.5. The molecule has 0 aliphatic heterocycles. The second-order valence-corrected chi connectivity index (χ2v) is 6.23. The Hall–Kier alpha value is -1.07. The second kappa shape index (κ2) is 6.79. The van der Waals surface area contributed by atoms with Gasteiger partial charge in [-0.3, -0.25) is 4.68 Å². The molecule has 2 aromatic rings. The highest BCUT2D eigenvalue weighted by Gasteiger charge is 2.20. The van der Waals surface area contributed by atoms with Crippen molar-refractivity contribution in [1.29, 1.82) is 0 Å². The van der Waals surface area contributed by atoms with Crippen LogP contribution in [-0.4, -0.2) is 35.3 Å². The number of nitrogens with zero attached hydrogens (tertiary/aromatic N) is 3. The average molecular weight is 327 g/mol. The topological polar surface area (TPSA) is 47.1 Å². The SMILES string of the molecule is Cc1cc(Cl)ccc1C(N)c1c(Cl)cnn1CCN(C)C. The zero-order valence-electron chi connectivity index (χ0n) is 12.5. The first-order valence-electron chi connectivity index (χ1n) is 6.77. The van der Waals surface area contributed by atoms with Crippen molar-refractivity contribution in [3.63, 3.8) is 0 Å². The van der Waals surface area contributed by atoms with E-state index in [1.54, 1.807) is 6.20 Å². The molecule has 0 spiro atoms. The third-order valence-electron chi connectivity index (χ3n) is 3.45. The number of aromatic nitrogens is 2. The van der Waals surface area contributed by atoms with Gasteiger partial charge in [0.1, 0.15) is 0 Å². The summed E-state index contributed by atoms with van der Waals surface area (Å²) < 4.78 is 1.88. The van der Waals surface area contributed by atoms with Gasteiger partial charge in [-0.15, -0.1) is 0 Å². The molecule has 21 heavy (non-hydrogen) atoms. The lowest BCUT2D eigenvalue weighted by molar-refractivity contribution is 0.368.